The van der Waals surface area contributed by atoms with Crippen LogP contribution in [0.4, 0.5) is 0 Å². The van der Waals surface area contributed by atoms with Crippen LogP contribution in [-0.2, 0) is 9.59 Å². The summed E-state index contributed by atoms with van der Waals surface area (Å²) in [6.07, 6.45) is 2.60. The van der Waals surface area contributed by atoms with Crippen molar-refractivity contribution in [1.29, 1.82) is 0 Å². The van der Waals surface area contributed by atoms with E-state index in [0.717, 1.165) is 0 Å². The summed E-state index contributed by atoms with van der Waals surface area (Å²) >= 11 is 0. The number of nitrogens with zero attached hydrogens (tertiary/aromatic N) is 2. The van der Waals surface area contributed by atoms with Crippen molar-refractivity contribution in [2.45, 2.75) is 12.1 Å². The second-order valence-corrected chi connectivity index (χ2v) is 8.50. The summed E-state index contributed by atoms with van der Waals surface area (Å²) < 4.78 is 0. The highest BCUT2D eigenvalue weighted by Crippen LogP contribution is 2.25. The minimum absolute atomic E-state index is 0.000897. The monoisotopic (exact) mass is 448 g/mol. The van der Waals surface area contributed by atoms with Gasteiger partial charge in [-0.05, 0) is 24.3 Å². The number of hydrogen-bond acceptors (Lipinski definition) is 8. The molecular formula is C20H20N2O6S2. The molecule has 0 fully saturated rings. The van der Waals surface area contributed by atoms with Crippen LogP contribution < -0.4 is 0 Å². The summed E-state index contributed by atoms with van der Waals surface area (Å²) in [6, 6.07) is 10.8. The topological polar surface area (TPSA) is 140 Å². The van der Waals surface area contributed by atoms with Gasteiger partial charge in [0.2, 0.25) is 0 Å². The van der Waals surface area contributed by atoms with Gasteiger partial charge in [0.1, 0.15) is 11.5 Å². The summed E-state index contributed by atoms with van der Waals surface area (Å²) in [5.41, 5.74) is 0.816. The molecule has 0 aliphatic carbocycles. The Bertz CT molecular complexity index is 860. The van der Waals surface area contributed by atoms with Crippen molar-refractivity contribution < 1.29 is 30.0 Å². The lowest BCUT2D eigenvalue weighted by molar-refractivity contribution is -0.138. The van der Waals surface area contributed by atoms with Crippen LogP contribution in [0.25, 0.3) is 0 Å². The van der Waals surface area contributed by atoms with Gasteiger partial charge in [0.25, 0.3) is 0 Å². The molecule has 10 heteroatoms. The van der Waals surface area contributed by atoms with Gasteiger partial charge in [-0.3, -0.25) is 9.98 Å². The van der Waals surface area contributed by atoms with E-state index in [1.54, 1.807) is 36.4 Å². The molecule has 2 aromatic rings. The van der Waals surface area contributed by atoms with Crippen LogP contribution >= 0.6 is 21.6 Å². The minimum atomic E-state index is -1.12. The van der Waals surface area contributed by atoms with E-state index in [0.29, 0.717) is 11.1 Å². The highest BCUT2D eigenvalue weighted by Gasteiger charge is 2.19. The number of para-hydroxylation sites is 2. The molecule has 0 aliphatic heterocycles. The molecule has 0 saturated carbocycles. The second-order valence-electron chi connectivity index (χ2n) is 5.95. The molecule has 0 amide bonds. The van der Waals surface area contributed by atoms with Crippen molar-refractivity contribution in [3.63, 3.8) is 0 Å². The summed E-state index contributed by atoms with van der Waals surface area (Å²) in [7, 11) is 2.35. The van der Waals surface area contributed by atoms with Gasteiger partial charge in [-0.2, -0.15) is 0 Å². The molecule has 0 aromatic heterocycles. The number of aliphatic imine (C=N–C) groups is 2. The van der Waals surface area contributed by atoms with Crippen molar-refractivity contribution in [3.05, 3.63) is 59.7 Å². The highest BCUT2D eigenvalue weighted by atomic mass is 33.1. The zero-order chi connectivity index (χ0) is 21.9. The van der Waals surface area contributed by atoms with E-state index in [2.05, 4.69) is 9.98 Å². The average Bonchev–Trinajstić information content (AvgIpc) is 2.71. The summed E-state index contributed by atoms with van der Waals surface area (Å²) in [6.45, 7) is 0. The van der Waals surface area contributed by atoms with Gasteiger partial charge in [-0.15, -0.1) is 0 Å². The van der Waals surface area contributed by atoms with Gasteiger partial charge in [-0.1, -0.05) is 45.9 Å². The van der Waals surface area contributed by atoms with E-state index in [4.69, 9.17) is 0 Å². The SMILES string of the molecule is O=C(O)C(CSSCC(N=Cc1ccccc1O)C(=O)O)N=Cc1ccccc1O. The normalized spacial score (nSPS) is 13.5. The Hall–Kier alpha value is -2.98. The van der Waals surface area contributed by atoms with E-state index in [1.165, 1.54) is 46.1 Å². The summed E-state index contributed by atoms with van der Waals surface area (Å²) in [4.78, 5) is 30.8. The molecule has 8 nitrogen and oxygen atoms in total. The van der Waals surface area contributed by atoms with E-state index in [9.17, 15) is 30.0 Å². The molecule has 0 spiro atoms. The number of hydrogen-bond donors (Lipinski definition) is 4. The zero-order valence-electron chi connectivity index (χ0n) is 15.7. The van der Waals surface area contributed by atoms with Gasteiger partial charge in [0, 0.05) is 35.1 Å². The predicted molar refractivity (Wildman–Crippen MR) is 119 cm³/mol. The Labute approximate surface area is 180 Å². The number of benzene rings is 2. The predicted octanol–water partition coefficient (Wildman–Crippen LogP) is 2.92. The maximum atomic E-state index is 11.4. The number of carboxylic acid groups (broad SMARTS) is 2. The molecule has 2 unspecified atom stereocenters. The lowest BCUT2D eigenvalue weighted by Crippen LogP contribution is -2.22. The standard InChI is InChI=1S/C20H20N2O6S2/c23-17-7-3-1-5-13(17)9-21-15(19(25)26)11-29-30-12-16(20(27)28)22-10-14-6-2-4-8-18(14)24/h1-10,15-16,23-24H,11-12H2,(H,25,26)(H,27,28). The number of carbonyl (C=O) groups is 2. The first-order chi connectivity index (χ1) is 14.4. The fourth-order valence-electron chi connectivity index (χ4n) is 2.12. The van der Waals surface area contributed by atoms with E-state index in [-0.39, 0.29) is 23.0 Å². The van der Waals surface area contributed by atoms with Crippen molar-refractivity contribution in [1.82, 2.24) is 0 Å². The fourth-order valence-corrected chi connectivity index (χ4v) is 4.37. The lowest BCUT2D eigenvalue weighted by Gasteiger charge is -2.09. The summed E-state index contributed by atoms with van der Waals surface area (Å²) in [5.74, 6) is -2.03. The van der Waals surface area contributed by atoms with Gasteiger partial charge < -0.3 is 20.4 Å². The Morgan fingerprint density at radius 3 is 1.47 bits per heavy atom. The van der Waals surface area contributed by atoms with Crippen LogP contribution in [0.3, 0.4) is 0 Å². The first-order valence-electron chi connectivity index (χ1n) is 8.71. The van der Waals surface area contributed by atoms with Crippen LogP contribution in [0.1, 0.15) is 11.1 Å². The molecule has 0 heterocycles. The van der Waals surface area contributed by atoms with Gasteiger partial charge in [-0.25, -0.2) is 9.59 Å². The largest absolute Gasteiger partial charge is 0.507 e. The molecule has 2 rings (SSSR count). The molecule has 4 N–H and O–H groups in total. The molecule has 30 heavy (non-hydrogen) atoms. The van der Waals surface area contributed by atoms with Crippen LogP contribution in [0, 0.1) is 0 Å². The molecule has 0 bridgehead atoms. The summed E-state index contributed by atoms with van der Waals surface area (Å²) in [5, 5.41) is 38.0. The van der Waals surface area contributed by atoms with Crippen molar-refractivity contribution in [3.8, 4) is 11.5 Å². The minimum Gasteiger partial charge on any atom is -0.507 e. The van der Waals surface area contributed by atoms with Crippen LogP contribution in [0.5, 0.6) is 11.5 Å². The van der Waals surface area contributed by atoms with Crippen LogP contribution in [-0.4, -0.2) is 68.4 Å². The first-order valence-corrected chi connectivity index (χ1v) is 11.2. The number of aromatic hydroxyl groups is 2. The molecule has 158 valence electrons. The molecule has 2 atom stereocenters. The third-order valence-corrected chi connectivity index (χ3v) is 6.15. The van der Waals surface area contributed by atoms with E-state index < -0.39 is 24.0 Å². The van der Waals surface area contributed by atoms with Crippen molar-refractivity contribution in [2.75, 3.05) is 11.5 Å². The number of aliphatic carboxylic acids is 2. The first kappa shape index (κ1) is 23.3. The third-order valence-electron chi connectivity index (χ3n) is 3.77. The average molecular weight is 449 g/mol. The third kappa shape index (κ3) is 7.45. The van der Waals surface area contributed by atoms with E-state index in [1.807, 2.05) is 0 Å². The molecular weight excluding hydrogens is 428 g/mol. The number of rotatable bonds is 11. The number of carboxylic acids is 2. The van der Waals surface area contributed by atoms with Crippen molar-refractivity contribution >= 4 is 46.0 Å². The Morgan fingerprint density at radius 2 is 1.13 bits per heavy atom. The zero-order valence-corrected chi connectivity index (χ0v) is 17.3. The Morgan fingerprint density at radius 1 is 0.767 bits per heavy atom. The van der Waals surface area contributed by atoms with Crippen LogP contribution in [0.15, 0.2) is 58.5 Å². The highest BCUT2D eigenvalue weighted by molar-refractivity contribution is 8.76. The fraction of sp³-hybridized carbons (Fsp3) is 0.200. The lowest BCUT2D eigenvalue weighted by atomic mass is 10.2. The second kappa shape index (κ2) is 11.9. The number of phenols is 2. The van der Waals surface area contributed by atoms with Crippen LogP contribution in [0.2, 0.25) is 0 Å². The Kier molecular flexibility index (Phi) is 9.23. The molecule has 2 aromatic carbocycles. The molecule has 0 aliphatic rings. The molecule has 0 saturated heterocycles. The van der Waals surface area contributed by atoms with E-state index >= 15 is 0 Å². The Balaban J connectivity index is 1.89. The van der Waals surface area contributed by atoms with Gasteiger partial charge in [0.15, 0.2) is 12.1 Å². The number of phenolic OH excluding ortho intramolecular Hbond substituents is 2. The smallest absolute Gasteiger partial charge is 0.329 e. The van der Waals surface area contributed by atoms with Gasteiger partial charge >= 0.3 is 11.9 Å². The quantitative estimate of drug-likeness (QED) is 0.234. The maximum absolute atomic E-state index is 11.4. The van der Waals surface area contributed by atoms with Crippen molar-refractivity contribution in [2.24, 2.45) is 9.98 Å². The maximum Gasteiger partial charge on any atom is 0.329 e. The molecule has 0 radical (unpaired) electrons. The van der Waals surface area contributed by atoms with Gasteiger partial charge in [0.05, 0.1) is 0 Å².